The van der Waals surface area contributed by atoms with Gasteiger partial charge in [0, 0.05) is 23.4 Å². The number of carbonyl (C=O) groups excluding carboxylic acids is 1. The first-order valence-electron chi connectivity index (χ1n) is 15.1. The number of phenolic OH excluding ortho intramolecular Hbond substituents is 1. The molecular formula is C37H35FN2O6S. The van der Waals surface area contributed by atoms with Crippen LogP contribution in [0.15, 0.2) is 108 Å². The Bertz CT molecular complexity index is 2010. The molecule has 0 fully saturated rings. The fourth-order valence-electron chi connectivity index (χ4n) is 6.18. The van der Waals surface area contributed by atoms with E-state index in [2.05, 4.69) is 5.32 Å². The number of carbonyl (C=O) groups is 1. The minimum absolute atomic E-state index is 0.0334. The molecule has 0 aliphatic carbocycles. The van der Waals surface area contributed by atoms with E-state index in [0.29, 0.717) is 17.0 Å². The third-order valence-corrected chi connectivity index (χ3v) is 10.5. The van der Waals surface area contributed by atoms with Crippen LogP contribution in [0.5, 0.6) is 17.2 Å². The highest BCUT2D eigenvalue weighted by Crippen LogP contribution is 2.51. The van der Waals surface area contributed by atoms with Gasteiger partial charge < -0.3 is 19.9 Å². The van der Waals surface area contributed by atoms with Gasteiger partial charge in [-0.3, -0.25) is 9.69 Å². The topological polar surface area (TPSA) is 105 Å². The predicted octanol–water partition coefficient (Wildman–Crippen LogP) is 7.39. The summed E-state index contributed by atoms with van der Waals surface area (Å²) in [5, 5.41) is 14.2. The van der Waals surface area contributed by atoms with Crippen molar-refractivity contribution in [1.82, 2.24) is 0 Å². The Kier molecular flexibility index (Phi) is 8.55. The van der Waals surface area contributed by atoms with Crippen molar-refractivity contribution in [2.75, 3.05) is 23.1 Å². The number of fused-ring (bicyclic) bond motifs is 1. The Morgan fingerprint density at radius 2 is 1.79 bits per heavy atom. The molecular weight excluding hydrogens is 619 g/mol. The van der Waals surface area contributed by atoms with Gasteiger partial charge in [-0.2, -0.15) is 0 Å². The van der Waals surface area contributed by atoms with Gasteiger partial charge in [-0.15, -0.1) is 0 Å². The van der Waals surface area contributed by atoms with E-state index in [1.54, 1.807) is 48.5 Å². The molecule has 0 spiro atoms. The molecule has 4 aromatic rings. The van der Waals surface area contributed by atoms with Gasteiger partial charge in [-0.05, 0) is 65.4 Å². The molecule has 0 radical (unpaired) electrons. The molecule has 2 aliphatic rings. The van der Waals surface area contributed by atoms with Gasteiger partial charge in [0.1, 0.15) is 41.4 Å². The molecule has 1 amide bonds. The number of allylic oxidation sites excluding steroid dienone is 1. The van der Waals surface area contributed by atoms with Gasteiger partial charge in [0.25, 0.3) is 5.91 Å². The van der Waals surface area contributed by atoms with Crippen LogP contribution in [0, 0.1) is 11.2 Å². The van der Waals surface area contributed by atoms with Crippen LogP contribution in [-0.2, 0) is 21.2 Å². The number of ether oxygens (including phenoxy) is 2. The van der Waals surface area contributed by atoms with Crippen molar-refractivity contribution < 1.29 is 32.2 Å². The Morgan fingerprint density at radius 1 is 1.02 bits per heavy atom. The van der Waals surface area contributed by atoms with E-state index in [9.17, 15) is 18.3 Å². The molecule has 2 heterocycles. The Hall–Kier alpha value is -5.09. The maximum absolute atomic E-state index is 16.3. The Balaban J connectivity index is 1.51. The van der Waals surface area contributed by atoms with Crippen molar-refractivity contribution in [3.8, 4) is 17.2 Å². The summed E-state index contributed by atoms with van der Waals surface area (Å²) in [5.41, 5.74) is 1.51. The number of benzene rings is 4. The minimum atomic E-state index is -4.06. The molecule has 0 bridgehead atoms. The molecule has 4 aromatic carbocycles. The van der Waals surface area contributed by atoms with Crippen molar-refractivity contribution in [3.05, 3.63) is 130 Å². The fraction of sp³-hybridized carbons (Fsp3) is 0.216. The maximum atomic E-state index is 16.3. The van der Waals surface area contributed by atoms with Crippen LogP contribution in [0.25, 0.3) is 6.08 Å². The zero-order chi connectivity index (χ0) is 33.3. The summed E-state index contributed by atoms with van der Waals surface area (Å²) in [6.07, 6.45) is 3.16. The molecule has 8 nitrogen and oxygen atoms in total. The Labute approximate surface area is 273 Å². The van der Waals surface area contributed by atoms with Gasteiger partial charge in [0.2, 0.25) is 0 Å². The SMILES string of the molecule is COc1cccc(/C=C/C(=O)N2c3cccc(O)c3NC3=C(C2c2ccc(OCc4ccccc4)cc2F)S(=O)(=O)CC(C)(C)C3)c1. The average molecular weight is 655 g/mol. The number of hydrogen-bond donors (Lipinski definition) is 2. The number of anilines is 2. The van der Waals surface area contributed by atoms with E-state index in [4.69, 9.17) is 9.47 Å². The van der Waals surface area contributed by atoms with Gasteiger partial charge in [0.15, 0.2) is 9.84 Å². The summed E-state index contributed by atoms with van der Waals surface area (Å²) in [5.74, 6) is -0.919. The molecule has 1 atom stereocenters. The number of sulfone groups is 1. The van der Waals surface area contributed by atoms with Crippen LogP contribution >= 0.6 is 0 Å². The number of nitrogens with zero attached hydrogens (tertiary/aromatic N) is 1. The molecule has 0 saturated carbocycles. The first-order chi connectivity index (χ1) is 22.5. The lowest BCUT2D eigenvalue weighted by Crippen LogP contribution is -2.40. The van der Waals surface area contributed by atoms with Crippen LogP contribution in [0.3, 0.4) is 0 Å². The van der Waals surface area contributed by atoms with E-state index in [0.717, 1.165) is 5.56 Å². The first kappa shape index (κ1) is 31.9. The highest BCUT2D eigenvalue weighted by molar-refractivity contribution is 7.95. The molecule has 0 aromatic heterocycles. The first-order valence-corrected chi connectivity index (χ1v) is 16.8. The smallest absolute Gasteiger partial charge is 0.251 e. The van der Waals surface area contributed by atoms with Crippen LogP contribution in [-0.4, -0.2) is 32.3 Å². The second-order valence-electron chi connectivity index (χ2n) is 12.4. The van der Waals surface area contributed by atoms with Gasteiger partial charge in [-0.25, -0.2) is 12.8 Å². The van der Waals surface area contributed by atoms with Crippen molar-refractivity contribution >= 4 is 33.2 Å². The summed E-state index contributed by atoms with van der Waals surface area (Å²) >= 11 is 0. The zero-order valence-electron chi connectivity index (χ0n) is 26.2. The molecule has 2 aliphatic heterocycles. The summed E-state index contributed by atoms with van der Waals surface area (Å²) < 4.78 is 55.9. The molecule has 10 heteroatoms. The largest absolute Gasteiger partial charge is 0.506 e. The number of nitrogens with one attached hydrogen (secondary N) is 1. The number of methoxy groups -OCH3 is 1. The van der Waals surface area contributed by atoms with E-state index in [-0.39, 0.29) is 52.1 Å². The predicted molar refractivity (Wildman–Crippen MR) is 180 cm³/mol. The molecule has 2 N–H and O–H groups in total. The number of amides is 1. The highest BCUT2D eigenvalue weighted by atomic mass is 32.2. The lowest BCUT2D eigenvalue weighted by molar-refractivity contribution is -0.114. The average Bonchev–Trinajstić information content (AvgIpc) is 3.18. The standard InChI is InChI=1S/C37H35FN2O6S/c1-37(2)21-30-36(47(43,44)23-37)35(28-17-16-27(20-29(28)38)46-22-25-9-5-4-6-10-25)40(31-13-8-14-32(41)34(31)39-30)33(42)18-15-24-11-7-12-26(19-24)45-3/h4-20,35,39,41H,21-23H2,1-3H3/b18-15+. The molecule has 47 heavy (non-hydrogen) atoms. The van der Waals surface area contributed by atoms with Gasteiger partial charge in [-0.1, -0.05) is 62.4 Å². The normalized spacial score (nSPS) is 18.1. The molecule has 6 rings (SSSR count). The van der Waals surface area contributed by atoms with Crippen molar-refractivity contribution in [2.24, 2.45) is 5.41 Å². The second kappa shape index (κ2) is 12.6. The van der Waals surface area contributed by atoms with Crippen molar-refractivity contribution in [2.45, 2.75) is 32.9 Å². The number of phenols is 1. The highest BCUT2D eigenvalue weighted by Gasteiger charge is 2.47. The van der Waals surface area contributed by atoms with Crippen LogP contribution in [0.4, 0.5) is 15.8 Å². The number of aromatic hydroxyl groups is 1. The summed E-state index contributed by atoms with van der Waals surface area (Å²) in [6.45, 7) is 3.87. The van der Waals surface area contributed by atoms with Crippen molar-refractivity contribution in [3.63, 3.8) is 0 Å². The van der Waals surface area contributed by atoms with E-state index in [1.165, 1.54) is 36.3 Å². The zero-order valence-corrected chi connectivity index (χ0v) is 27.1. The summed E-state index contributed by atoms with van der Waals surface area (Å²) in [7, 11) is -2.52. The molecule has 242 valence electrons. The number of rotatable bonds is 7. The number of halogens is 1. The lowest BCUT2D eigenvalue weighted by atomic mass is 9.88. The van der Waals surface area contributed by atoms with Crippen LogP contribution in [0.2, 0.25) is 0 Å². The van der Waals surface area contributed by atoms with Crippen LogP contribution in [0.1, 0.15) is 43.0 Å². The van der Waals surface area contributed by atoms with Crippen molar-refractivity contribution in [1.29, 1.82) is 0 Å². The lowest BCUT2D eigenvalue weighted by Gasteiger charge is -2.37. The third-order valence-electron chi connectivity index (χ3n) is 8.20. The maximum Gasteiger partial charge on any atom is 0.251 e. The number of para-hydroxylation sites is 1. The fourth-order valence-corrected chi connectivity index (χ4v) is 8.54. The van der Waals surface area contributed by atoms with Crippen LogP contribution < -0.4 is 19.7 Å². The van der Waals surface area contributed by atoms with E-state index >= 15 is 4.39 Å². The van der Waals surface area contributed by atoms with Gasteiger partial charge >= 0.3 is 0 Å². The summed E-state index contributed by atoms with van der Waals surface area (Å²) in [6, 6.07) is 23.9. The molecule has 1 unspecified atom stereocenters. The summed E-state index contributed by atoms with van der Waals surface area (Å²) in [4.78, 5) is 15.4. The molecule has 0 saturated heterocycles. The quantitative estimate of drug-likeness (QED) is 0.158. The second-order valence-corrected chi connectivity index (χ2v) is 14.4. The van der Waals surface area contributed by atoms with E-state index < -0.39 is 33.0 Å². The Morgan fingerprint density at radius 3 is 2.53 bits per heavy atom. The monoisotopic (exact) mass is 654 g/mol. The van der Waals surface area contributed by atoms with Gasteiger partial charge in [0.05, 0.1) is 23.5 Å². The third kappa shape index (κ3) is 6.59. The van der Waals surface area contributed by atoms with E-state index in [1.807, 2.05) is 44.2 Å². The minimum Gasteiger partial charge on any atom is -0.506 e. The number of hydrogen-bond acceptors (Lipinski definition) is 7.